The van der Waals surface area contributed by atoms with E-state index in [1.54, 1.807) is 38.1 Å². The van der Waals surface area contributed by atoms with Gasteiger partial charge >= 0.3 is 5.97 Å². The molecular formula is C19H28N4O5S. The first-order valence-electron chi connectivity index (χ1n) is 9.16. The summed E-state index contributed by atoms with van der Waals surface area (Å²) in [5.74, 6) is -3.15. The predicted octanol–water partition coefficient (Wildman–Crippen LogP) is -0.687. The van der Waals surface area contributed by atoms with E-state index in [1.165, 1.54) is 0 Å². The summed E-state index contributed by atoms with van der Waals surface area (Å²) in [6.45, 7) is 3.21. The summed E-state index contributed by atoms with van der Waals surface area (Å²) in [4.78, 5) is 47.9. The van der Waals surface area contributed by atoms with Gasteiger partial charge in [-0.1, -0.05) is 44.2 Å². The smallest absolute Gasteiger partial charge is 0.327 e. The van der Waals surface area contributed by atoms with Crippen molar-refractivity contribution in [2.45, 2.75) is 38.4 Å². The average Bonchev–Trinajstić information content (AvgIpc) is 2.69. The van der Waals surface area contributed by atoms with Crippen LogP contribution >= 0.6 is 12.6 Å². The Hall–Kier alpha value is -2.59. The van der Waals surface area contributed by atoms with Gasteiger partial charge in [-0.05, 0) is 11.5 Å². The summed E-state index contributed by atoms with van der Waals surface area (Å²) in [6, 6.07) is 5.98. The van der Waals surface area contributed by atoms with Crippen LogP contribution in [0.1, 0.15) is 19.4 Å². The maximum Gasteiger partial charge on any atom is 0.327 e. The minimum Gasteiger partial charge on any atom is -0.480 e. The third kappa shape index (κ3) is 8.53. The fraction of sp³-hybridized carbons (Fsp3) is 0.474. The SMILES string of the molecule is CC(C)C(N)C(=O)NCC(=O)NC(Cc1ccccc1)C(=O)NC(CS)C(=O)O. The molecule has 0 aliphatic rings. The van der Waals surface area contributed by atoms with Crippen LogP contribution in [0.25, 0.3) is 0 Å². The van der Waals surface area contributed by atoms with Crippen LogP contribution in [0, 0.1) is 5.92 Å². The molecule has 0 saturated heterocycles. The van der Waals surface area contributed by atoms with Gasteiger partial charge in [0.05, 0.1) is 12.6 Å². The van der Waals surface area contributed by atoms with Crippen LogP contribution in [0.5, 0.6) is 0 Å². The molecular weight excluding hydrogens is 396 g/mol. The zero-order valence-corrected chi connectivity index (χ0v) is 17.3. The van der Waals surface area contributed by atoms with Crippen molar-refractivity contribution in [3.05, 3.63) is 35.9 Å². The van der Waals surface area contributed by atoms with Gasteiger partial charge in [-0.15, -0.1) is 0 Å². The number of carbonyl (C=O) groups is 4. The molecule has 0 radical (unpaired) electrons. The monoisotopic (exact) mass is 424 g/mol. The Bertz CT molecular complexity index is 714. The molecule has 6 N–H and O–H groups in total. The molecule has 0 aliphatic heterocycles. The van der Waals surface area contributed by atoms with Crippen molar-refractivity contribution in [1.29, 1.82) is 0 Å². The highest BCUT2D eigenvalue weighted by molar-refractivity contribution is 7.80. The number of aliphatic carboxylic acids is 1. The number of hydrogen-bond acceptors (Lipinski definition) is 6. The molecule has 1 aromatic carbocycles. The normalized spacial score (nSPS) is 13.8. The number of carboxylic acids is 1. The molecule has 10 heteroatoms. The van der Waals surface area contributed by atoms with Crippen molar-refractivity contribution in [3.63, 3.8) is 0 Å². The zero-order chi connectivity index (χ0) is 22.0. The molecule has 0 heterocycles. The van der Waals surface area contributed by atoms with Crippen LogP contribution in [0.3, 0.4) is 0 Å². The highest BCUT2D eigenvalue weighted by Gasteiger charge is 2.26. The van der Waals surface area contributed by atoms with E-state index in [2.05, 4.69) is 28.6 Å². The Kier molecular flexibility index (Phi) is 10.2. The fourth-order valence-electron chi connectivity index (χ4n) is 2.35. The van der Waals surface area contributed by atoms with Crippen molar-refractivity contribution in [1.82, 2.24) is 16.0 Å². The second kappa shape index (κ2) is 12.1. The molecule has 29 heavy (non-hydrogen) atoms. The van der Waals surface area contributed by atoms with E-state index in [0.717, 1.165) is 5.56 Å². The van der Waals surface area contributed by atoms with Gasteiger partial charge in [-0.25, -0.2) is 4.79 Å². The van der Waals surface area contributed by atoms with E-state index in [1.807, 2.05) is 6.07 Å². The number of hydrogen-bond donors (Lipinski definition) is 6. The zero-order valence-electron chi connectivity index (χ0n) is 16.4. The van der Waals surface area contributed by atoms with Gasteiger partial charge in [0.1, 0.15) is 12.1 Å². The molecule has 0 bridgehead atoms. The molecule has 0 saturated carbocycles. The summed E-state index contributed by atoms with van der Waals surface area (Å²) in [5, 5.41) is 16.4. The molecule has 0 aromatic heterocycles. The third-order valence-electron chi connectivity index (χ3n) is 4.18. The lowest BCUT2D eigenvalue weighted by molar-refractivity contribution is -0.141. The maximum atomic E-state index is 12.6. The summed E-state index contributed by atoms with van der Waals surface area (Å²) >= 11 is 3.92. The number of carbonyl (C=O) groups excluding carboxylic acids is 3. The first kappa shape index (κ1) is 24.4. The standard InChI is InChI=1S/C19H28N4O5S/c1-11(2)16(20)18(26)21-9-15(24)22-13(8-12-6-4-3-5-7-12)17(25)23-14(10-29)19(27)28/h3-7,11,13-14,16,29H,8-10,20H2,1-2H3,(H,21,26)(H,22,24)(H,23,25)(H,27,28). The predicted molar refractivity (Wildman–Crippen MR) is 111 cm³/mol. The van der Waals surface area contributed by atoms with Crippen LogP contribution < -0.4 is 21.7 Å². The van der Waals surface area contributed by atoms with E-state index in [-0.39, 0.29) is 24.6 Å². The first-order valence-corrected chi connectivity index (χ1v) is 9.79. The van der Waals surface area contributed by atoms with Crippen molar-refractivity contribution in [3.8, 4) is 0 Å². The van der Waals surface area contributed by atoms with Crippen molar-refractivity contribution in [2.24, 2.45) is 11.7 Å². The molecule has 1 aromatic rings. The highest BCUT2D eigenvalue weighted by atomic mass is 32.1. The van der Waals surface area contributed by atoms with E-state index >= 15 is 0 Å². The Morgan fingerprint density at radius 1 is 1.03 bits per heavy atom. The van der Waals surface area contributed by atoms with Gasteiger partial charge in [0, 0.05) is 12.2 Å². The van der Waals surface area contributed by atoms with Gasteiger partial charge in [0.15, 0.2) is 0 Å². The average molecular weight is 425 g/mol. The number of carboxylic acid groups (broad SMARTS) is 1. The number of thiol groups is 1. The Morgan fingerprint density at radius 3 is 2.17 bits per heavy atom. The minimum absolute atomic E-state index is 0.0937. The van der Waals surface area contributed by atoms with Gasteiger partial charge in [0.2, 0.25) is 17.7 Å². The molecule has 160 valence electrons. The van der Waals surface area contributed by atoms with Gasteiger partial charge < -0.3 is 26.8 Å². The summed E-state index contributed by atoms with van der Waals surface area (Å²) in [5.41, 5.74) is 6.50. The number of amides is 3. The Balaban J connectivity index is 2.80. The molecule has 0 aliphatic carbocycles. The van der Waals surface area contributed by atoms with Crippen molar-refractivity contribution in [2.75, 3.05) is 12.3 Å². The quantitative estimate of drug-likeness (QED) is 0.259. The highest BCUT2D eigenvalue weighted by Crippen LogP contribution is 2.04. The van der Waals surface area contributed by atoms with Crippen LogP contribution in [0.2, 0.25) is 0 Å². The molecule has 3 amide bonds. The van der Waals surface area contributed by atoms with E-state index < -0.39 is 41.8 Å². The Labute approximate surface area is 175 Å². The summed E-state index contributed by atoms with van der Waals surface area (Å²) in [6.07, 6.45) is 0.150. The molecule has 0 fully saturated rings. The number of rotatable bonds is 11. The third-order valence-corrected chi connectivity index (χ3v) is 4.54. The van der Waals surface area contributed by atoms with Crippen LogP contribution in [0.4, 0.5) is 0 Å². The maximum absolute atomic E-state index is 12.6. The largest absolute Gasteiger partial charge is 0.480 e. The number of nitrogens with one attached hydrogen (secondary N) is 3. The van der Waals surface area contributed by atoms with Gasteiger partial charge in [0.25, 0.3) is 0 Å². The molecule has 1 rings (SSSR count). The Morgan fingerprint density at radius 2 is 1.66 bits per heavy atom. The van der Waals surface area contributed by atoms with Gasteiger partial charge in [-0.3, -0.25) is 14.4 Å². The topological polar surface area (TPSA) is 151 Å². The molecule has 3 atom stereocenters. The van der Waals surface area contributed by atoms with Crippen molar-refractivity contribution < 1.29 is 24.3 Å². The van der Waals surface area contributed by atoms with Crippen molar-refractivity contribution >= 4 is 36.3 Å². The lowest BCUT2D eigenvalue weighted by atomic mass is 10.0. The lowest BCUT2D eigenvalue weighted by Gasteiger charge is -2.21. The summed E-state index contributed by atoms with van der Waals surface area (Å²) < 4.78 is 0. The van der Waals surface area contributed by atoms with Gasteiger partial charge in [-0.2, -0.15) is 12.6 Å². The second-order valence-corrected chi connectivity index (χ2v) is 7.24. The lowest BCUT2D eigenvalue weighted by Crippen LogP contribution is -2.55. The molecule has 3 unspecified atom stereocenters. The van der Waals surface area contributed by atoms with Crippen LogP contribution in [0.15, 0.2) is 30.3 Å². The number of benzene rings is 1. The number of nitrogens with two attached hydrogens (primary N) is 1. The fourth-order valence-corrected chi connectivity index (χ4v) is 2.60. The van der Waals surface area contributed by atoms with Crippen LogP contribution in [-0.4, -0.2) is 59.2 Å². The second-order valence-electron chi connectivity index (χ2n) is 6.88. The van der Waals surface area contributed by atoms with E-state index in [4.69, 9.17) is 10.8 Å². The van der Waals surface area contributed by atoms with Crippen LogP contribution in [-0.2, 0) is 25.6 Å². The first-order chi connectivity index (χ1) is 13.6. The summed E-state index contributed by atoms with van der Waals surface area (Å²) in [7, 11) is 0. The molecule has 9 nitrogen and oxygen atoms in total. The van der Waals surface area contributed by atoms with E-state index in [9.17, 15) is 19.2 Å². The molecule has 0 spiro atoms. The minimum atomic E-state index is -1.23. The van der Waals surface area contributed by atoms with E-state index in [0.29, 0.717) is 0 Å².